The van der Waals surface area contributed by atoms with E-state index in [0.717, 1.165) is 45.3 Å². The second-order valence-electron chi connectivity index (χ2n) is 8.18. The topological polar surface area (TPSA) is 117 Å². The van der Waals surface area contributed by atoms with E-state index in [0.29, 0.717) is 30.1 Å². The van der Waals surface area contributed by atoms with Crippen LogP contribution < -0.4 is 11.1 Å². The third kappa shape index (κ3) is 5.50. The zero-order valence-electron chi connectivity index (χ0n) is 19.7. The van der Waals surface area contributed by atoms with Crippen LogP contribution in [0, 0.1) is 11.3 Å². The largest absolute Gasteiger partial charge is 0.384 e. The van der Waals surface area contributed by atoms with Crippen molar-refractivity contribution in [2.24, 2.45) is 10.7 Å². The molecule has 0 saturated heterocycles. The number of carbonyl (C=O) groups is 1. The van der Waals surface area contributed by atoms with Gasteiger partial charge in [0.2, 0.25) is 0 Å². The Morgan fingerprint density at radius 2 is 1.91 bits per heavy atom. The second-order valence-corrected chi connectivity index (χ2v) is 8.18. The fraction of sp³-hybridized carbons (Fsp3) is 0.179. The second kappa shape index (κ2) is 10.6. The van der Waals surface area contributed by atoms with Crippen LogP contribution in [0.1, 0.15) is 50.9 Å². The normalized spacial score (nSPS) is 11.3. The number of nitriles is 1. The minimum atomic E-state index is -0.155. The molecule has 0 spiro atoms. The third-order valence-corrected chi connectivity index (χ3v) is 5.85. The van der Waals surface area contributed by atoms with Gasteiger partial charge >= 0.3 is 0 Å². The summed E-state index contributed by atoms with van der Waals surface area (Å²) >= 11 is 0. The minimum Gasteiger partial charge on any atom is -0.384 e. The number of aliphatic imine (C=N–C) groups is 1. The molecular formula is C28H26N6O. The molecule has 174 valence electrons. The zero-order valence-corrected chi connectivity index (χ0v) is 19.7. The minimum absolute atomic E-state index is 0.155. The molecule has 0 aliphatic carbocycles. The van der Waals surface area contributed by atoms with E-state index in [9.17, 15) is 4.79 Å². The van der Waals surface area contributed by atoms with Crippen molar-refractivity contribution < 1.29 is 4.79 Å². The molecule has 7 heteroatoms. The fourth-order valence-electron chi connectivity index (χ4n) is 3.98. The van der Waals surface area contributed by atoms with E-state index in [1.165, 1.54) is 0 Å². The van der Waals surface area contributed by atoms with Crippen molar-refractivity contribution in [3.63, 3.8) is 0 Å². The highest BCUT2D eigenvalue weighted by Gasteiger charge is 2.10. The third-order valence-electron chi connectivity index (χ3n) is 5.85. The molecule has 0 fully saturated rings. The molecule has 0 atom stereocenters. The van der Waals surface area contributed by atoms with Crippen molar-refractivity contribution in [2.75, 3.05) is 7.05 Å². The number of aryl methyl sites for hydroxylation is 1. The molecule has 0 aliphatic heterocycles. The van der Waals surface area contributed by atoms with Crippen LogP contribution in [-0.4, -0.2) is 28.8 Å². The zero-order chi connectivity index (χ0) is 24.8. The summed E-state index contributed by atoms with van der Waals surface area (Å²) in [5, 5.41) is 13.0. The van der Waals surface area contributed by atoms with E-state index in [1.54, 1.807) is 25.4 Å². The maximum Gasteiger partial charge on any atom is 0.251 e. The smallest absolute Gasteiger partial charge is 0.251 e. The number of nitrogens with two attached hydrogens (primary N) is 1. The van der Waals surface area contributed by atoms with E-state index < -0.39 is 0 Å². The van der Waals surface area contributed by atoms with Crippen molar-refractivity contribution in [3.8, 4) is 6.07 Å². The summed E-state index contributed by atoms with van der Waals surface area (Å²) in [5.74, 6) is 0.355. The summed E-state index contributed by atoms with van der Waals surface area (Å²) in [6.45, 7) is 2.48. The first-order chi connectivity index (χ1) is 17.0. The lowest BCUT2D eigenvalue weighted by Crippen LogP contribution is -2.23. The summed E-state index contributed by atoms with van der Waals surface area (Å²) in [7, 11) is 1.68. The first-order valence-electron chi connectivity index (χ1n) is 11.4. The van der Waals surface area contributed by atoms with Crippen molar-refractivity contribution in [1.29, 1.82) is 5.26 Å². The van der Waals surface area contributed by atoms with E-state index in [-0.39, 0.29) is 5.91 Å². The molecule has 0 radical (unpaired) electrons. The number of hydrogen-bond donors (Lipinski definition) is 2. The number of benzene rings is 2. The molecule has 7 nitrogen and oxygen atoms in total. The van der Waals surface area contributed by atoms with Gasteiger partial charge in [0.05, 0.1) is 5.52 Å². The van der Waals surface area contributed by atoms with Gasteiger partial charge in [0.25, 0.3) is 5.91 Å². The molecule has 4 rings (SSSR count). The number of amides is 1. The molecule has 0 unspecified atom stereocenters. The SMILES string of the molecule is CCc1cc(CNC(=O)c2ccnc(Cc3ccc4nc(C#N)ccc4c3)c2)ccc1C(N)=NC. The van der Waals surface area contributed by atoms with Crippen LogP contribution in [0.4, 0.5) is 0 Å². The number of fused-ring (bicyclic) bond motifs is 1. The predicted octanol–water partition coefficient (Wildman–Crippen LogP) is 3.92. The Labute approximate surface area is 204 Å². The monoisotopic (exact) mass is 462 g/mol. The van der Waals surface area contributed by atoms with Gasteiger partial charge in [-0.25, -0.2) is 4.98 Å². The molecule has 2 aromatic heterocycles. The van der Waals surface area contributed by atoms with Crippen LogP contribution in [0.5, 0.6) is 0 Å². The van der Waals surface area contributed by atoms with Crippen LogP contribution in [0.2, 0.25) is 0 Å². The number of pyridine rings is 2. The first-order valence-corrected chi connectivity index (χ1v) is 11.4. The lowest BCUT2D eigenvalue weighted by molar-refractivity contribution is 0.0950. The highest BCUT2D eigenvalue weighted by molar-refractivity contribution is 5.99. The van der Waals surface area contributed by atoms with Crippen LogP contribution in [0.15, 0.2) is 71.9 Å². The number of aromatic nitrogens is 2. The van der Waals surface area contributed by atoms with Gasteiger partial charge in [0.1, 0.15) is 17.6 Å². The number of carbonyl (C=O) groups excluding carboxylic acids is 1. The number of hydrogen-bond acceptors (Lipinski definition) is 5. The fourth-order valence-corrected chi connectivity index (χ4v) is 3.98. The molecule has 0 bridgehead atoms. The molecule has 3 N–H and O–H groups in total. The van der Waals surface area contributed by atoms with Crippen LogP contribution >= 0.6 is 0 Å². The molecular weight excluding hydrogens is 436 g/mol. The Kier molecular flexibility index (Phi) is 7.12. The van der Waals surface area contributed by atoms with Gasteiger partial charge in [-0.15, -0.1) is 0 Å². The Balaban J connectivity index is 1.45. The highest BCUT2D eigenvalue weighted by Crippen LogP contribution is 2.18. The molecule has 2 aromatic carbocycles. The first kappa shape index (κ1) is 23.6. The number of nitrogens with zero attached hydrogens (tertiary/aromatic N) is 4. The Hall–Kier alpha value is -4.57. The van der Waals surface area contributed by atoms with Crippen molar-refractivity contribution in [2.45, 2.75) is 26.3 Å². The summed E-state index contributed by atoms with van der Waals surface area (Å²) in [6.07, 6.45) is 3.06. The quantitative estimate of drug-likeness (QED) is 0.319. The van der Waals surface area contributed by atoms with Crippen LogP contribution in [0.3, 0.4) is 0 Å². The van der Waals surface area contributed by atoms with Gasteiger partial charge in [0, 0.05) is 48.4 Å². The van der Waals surface area contributed by atoms with E-state index >= 15 is 0 Å². The van der Waals surface area contributed by atoms with Gasteiger partial charge < -0.3 is 11.1 Å². The van der Waals surface area contributed by atoms with E-state index in [4.69, 9.17) is 11.0 Å². The van der Waals surface area contributed by atoms with Gasteiger partial charge in [-0.1, -0.05) is 31.2 Å². The van der Waals surface area contributed by atoms with Crippen LogP contribution in [-0.2, 0) is 19.4 Å². The Morgan fingerprint density at radius 1 is 1.09 bits per heavy atom. The Bertz CT molecular complexity index is 1470. The molecule has 2 heterocycles. The molecule has 1 amide bonds. The summed E-state index contributed by atoms with van der Waals surface area (Å²) in [6, 6.07) is 21.0. The lowest BCUT2D eigenvalue weighted by atomic mass is 10.0. The number of nitrogens with one attached hydrogen (secondary N) is 1. The van der Waals surface area contributed by atoms with Gasteiger partial charge in [0.15, 0.2) is 0 Å². The highest BCUT2D eigenvalue weighted by atomic mass is 16.1. The van der Waals surface area contributed by atoms with Crippen LogP contribution in [0.25, 0.3) is 10.9 Å². The Morgan fingerprint density at radius 3 is 2.69 bits per heavy atom. The average Bonchev–Trinajstić information content (AvgIpc) is 2.90. The summed E-state index contributed by atoms with van der Waals surface area (Å²) in [5.41, 5.74) is 12.6. The number of amidine groups is 1. The summed E-state index contributed by atoms with van der Waals surface area (Å²) < 4.78 is 0. The van der Waals surface area contributed by atoms with Crippen molar-refractivity contribution in [1.82, 2.24) is 15.3 Å². The average molecular weight is 463 g/mol. The maximum absolute atomic E-state index is 12.8. The van der Waals surface area contributed by atoms with E-state index in [1.807, 2.05) is 42.5 Å². The molecule has 0 aliphatic rings. The molecule has 0 saturated carbocycles. The molecule has 4 aromatic rings. The van der Waals surface area contributed by atoms with Gasteiger partial charge in [-0.3, -0.25) is 14.8 Å². The lowest BCUT2D eigenvalue weighted by Gasteiger charge is -2.11. The van der Waals surface area contributed by atoms with Crippen molar-refractivity contribution >= 4 is 22.6 Å². The van der Waals surface area contributed by atoms with Gasteiger partial charge in [-0.2, -0.15) is 5.26 Å². The van der Waals surface area contributed by atoms with Gasteiger partial charge in [-0.05, 0) is 59.5 Å². The predicted molar refractivity (Wildman–Crippen MR) is 137 cm³/mol. The summed E-state index contributed by atoms with van der Waals surface area (Å²) in [4.78, 5) is 25.6. The maximum atomic E-state index is 12.8. The standard InChI is InChI=1S/C28H26N6O/c1-3-20-13-19(4-8-25(20)27(30)31-2)17-33-28(35)22-10-11-32-24(15-22)14-18-5-9-26-21(12-18)6-7-23(16-29)34-26/h4-13,15H,3,14,17H2,1-2H3,(H2,30,31)(H,33,35). The van der Waals surface area contributed by atoms with E-state index in [2.05, 4.69) is 39.3 Å². The number of rotatable bonds is 7. The molecule has 35 heavy (non-hydrogen) atoms. The van der Waals surface area contributed by atoms with Crippen molar-refractivity contribution in [3.05, 3.63) is 106 Å².